The van der Waals surface area contributed by atoms with Crippen LogP contribution in [-0.2, 0) is 14.6 Å². The van der Waals surface area contributed by atoms with Gasteiger partial charge in [0.15, 0.2) is 9.84 Å². The minimum absolute atomic E-state index is 0.0934. The molecule has 1 fully saturated rings. The summed E-state index contributed by atoms with van der Waals surface area (Å²) in [5, 5.41) is -1.48. The van der Waals surface area contributed by atoms with Crippen molar-refractivity contribution in [2.45, 2.75) is 17.7 Å². The average Bonchev–Trinajstić information content (AvgIpc) is 2.26. The van der Waals surface area contributed by atoms with Crippen molar-refractivity contribution >= 4 is 27.5 Å². The van der Waals surface area contributed by atoms with Crippen molar-refractivity contribution in [3.05, 3.63) is 0 Å². The largest absolute Gasteiger partial charge is 0.383 e. The van der Waals surface area contributed by atoms with Gasteiger partial charge < -0.3 is 4.90 Å². The number of rotatable bonds is 3. The van der Waals surface area contributed by atoms with Crippen LogP contribution in [0.1, 0.15) is 0 Å². The van der Waals surface area contributed by atoms with Crippen molar-refractivity contribution in [3.8, 4) is 0 Å². The molecule has 0 aromatic carbocycles. The summed E-state index contributed by atoms with van der Waals surface area (Å²) in [5.41, 5.74) is 0. The zero-order chi connectivity index (χ0) is 14.1. The lowest BCUT2D eigenvalue weighted by Crippen LogP contribution is -2.56. The second-order valence-electron chi connectivity index (χ2n) is 3.78. The van der Waals surface area contributed by atoms with Crippen LogP contribution in [0.3, 0.4) is 0 Å². The maximum Gasteiger partial charge on any atom is 0.383 e. The lowest BCUT2D eigenvalue weighted by Gasteiger charge is -2.35. The number of sulfone groups is 1. The van der Waals surface area contributed by atoms with Gasteiger partial charge in [0.1, 0.15) is 5.37 Å². The number of nitrogens with zero attached hydrogens (tertiary/aromatic N) is 1. The van der Waals surface area contributed by atoms with Crippen LogP contribution in [0, 0.1) is 0 Å². The minimum Gasteiger partial charge on any atom is -0.319 e. The second-order valence-corrected chi connectivity index (χ2v) is 7.13. The molecule has 1 heterocycles. The Hall–Kier alpha value is -0.510. The Morgan fingerprint density at radius 1 is 1.44 bits per heavy atom. The van der Waals surface area contributed by atoms with Gasteiger partial charge >= 0.3 is 12.3 Å². The number of hydrogen-bond donors (Lipinski definition) is 0. The van der Waals surface area contributed by atoms with Crippen molar-refractivity contribution in [1.82, 2.24) is 4.90 Å². The predicted octanol–water partition coefficient (Wildman–Crippen LogP) is 0.833. The number of thioether (sulfide) groups is 1. The summed E-state index contributed by atoms with van der Waals surface area (Å²) in [5.74, 6) is -6.85. The molecule has 0 bridgehead atoms. The third kappa shape index (κ3) is 3.08. The van der Waals surface area contributed by atoms with Crippen molar-refractivity contribution in [3.63, 3.8) is 0 Å². The summed E-state index contributed by atoms with van der Waals surface area (Å²) < 4.78 is 72.8. The van der Waals surface area contributed by atoms with E-state index in [2.05, 4.69) is 0 Å². The molecule has 1 rings (SSSR count). The third-order valence-corrected chi connectivity index (χ3v) is 5.04. The molecule has 0 aliphatic carbocycles. The van der Waals surface area contributed by atoms with Gasteiger partial charge in [-0.05, 0) is 0 Å². The smallest absolute Gasteiger partial charge is 0.319 e. The SMILES string of the molecule is CS(=O)(=O)C1CSCCN1C(=O)C(F)(F)C(F)F. The number of hydrogen-bond acceptors (Lipinski definition) is 4. The van der Waals surface area contributed by atoms with Crippen LogP contribution in [0.4, 0.5) is 17.6 Å². The molecule has 0 aromatic heterocycles. The van der Waals surface area contributed by atoms with E-state index in [1.54, 1.807) is 0 Å². The number of carbonyl (C=O) groups excluding carboxylic acids is 1. The van der Waals surface area contributed by atoms with Crippen LogP contribution >= 0.6 is 11.8 Å². The first-order chi connectivity index (χ1) is 8.08. The Labute approximate surface area is 106 Å². The Balaban J connectivity index is 3.02. The molecular formula is C8H11F4NO3S2. The van der Waals surface area contributed by atoms with E-state index in [9.17, 15) is 30.8 Å². The van der Waals surface area contributed by atoms with Gasteiger partial charge in [-0.3, -0.25) is 4.79 Å². The van der Waals surface area contributed by atoms with E-state index in [-0.39, 0.29) is 18.1 Å². The molecule has 18 heavy (non-hydrogen) atoms. The van der Waals surface area contributed by atoms with Gasteiger partial charge in [0, 0.05) is 24.3 Å². The topological polar surface area (TPSA) is 54.5 Å². The summed E-state index contributed by atoms with van der Waals surface area (Å²) in [7, 11) is -3.80. The molecule has 1 aliphatic heterocycles. The Kier molecular flexibility index (Phi) is 4.52. The lowest BCUT2D eigenvalue weighted by molar-refractivity contribution is -0.181. The van der Waals surface area contributed by atoms with Crippen LogP contribution < -0.4 is 0 Å². The summed E-state index contributed by atoms with van der Waals surface area (Å²) in [6, 6.07) is 0. The molecule has 1 saturated heterocycles. The molecule has 106 valence electrons. The molecular weight excluding hydrogens is 298 g/mol. The van der Waals surface area contributed by atoms with Crippen molar-refractivity contribution in [2.75, 3.05) is 24.3 Å². The zero-order valence-corrected chi connectivity index (χ0v) is 10.9. The van der Waals surface area contributed by atoms with Crippen LogP contribution in [0.25, 0.3) is 0 Å². The van der Waals surface area contributed by atoms with E-state index in [0.717, 1.165) is 18.0 Å². The standard InChI is InChI=1S/C8H11F4NO3S2/c1-18(15,16)5-4-17-3-2-13(5)7(14)8(11,12)6(9)10/h5-6H,2-4H2,1H3. The van der Waals surface area contributed by atoms with Gasteiger partial charge in [-0.1, -0.05) is 0 Å². The fraction of sp³-hybridized carbons (Fsp3) is 0.875. The summed E-state index contributed by atoms with van der Waals surface area (Å²) in [6.07, 6.45) is -3.37. The molecule has 1 amide bonds. The van der Waals surface area contributed by atoms with E-state index in [4.69, 9.17) is 0 Å². The second kappa shape index (κ2) is 5.24. The average molecular weight is 309 g/mol. The van der Waals surface area contributed by atoms with Gasteiger partial charge in [0.2, 0.25) is 0 Å². The van der Waals surface area contributed by atoms with E-state index < -0.39 is 33.5 Å². The van der Waals surface area contributed by atoms with Crippen LogP contribution in [0.15, 0.2) is 0 Å². The van der Waals surface area contributed by atoms with E-state index in [1.165, 1.54) is 0 Å². The van der Waals surface area contributed by atoms with Crippen LogP contribution in [-0.4, -0.2) is 61.3 Å². The third-order valence-electron chi connectivity index (χ3n) is 2.40. The highest BCUT2D eigenvalue weighted by atomic mass is 32.2. The first-order valence-corrected chi connectivity index (χ1v) is 7.93. The molecule has 1 unspecified atom stereocenters. The molecule has 0 saturated carbocycles. The predicted molar refractivity (Wildman–Crippen MR) is 58.6 cm³/mol. The lowest BCUT2D eigenvalue weighted by atomic mass is 10.3. The fourth-order valence-corrected chi connectivity index (χ4v) is 4.27. The van der Waals surface area contributed by atoms with Crippen LogP contribution in [0.5, 0.6) is 0 Å². The van der Waals surface area contributed by atoms with Gasteiger partial charge in [-0.25, -0.2) is 17.2 Å². The summed E-state index contributed by atoms with van der Waals surface area (Å²) in [4.78, 5) is 11.7. The number of halogens is 4. The maximum absolute atomic E-state index is 12.9. The quantitative estimate of drug-likeness (QED) is 0.725. The van der Waals surface area contributed by atoms with E-state index >= 15 is 0 Å². The summed E-state index contributed by atoms with van der Waals surface area (Å²) >= 11 is 1.16. The zero-order valence-electron chi connectivity index (χ0n) is 9.28. The van der Waals surface area contributed by atoms with Crippen molar-refractivity contribution in [2.24, 2.45) is 0 Å². The summed E-state index contributed by atoms with van der Waals surface area (Å²) in [6.45, 7) is -0.288. The molecule has 10 heteroatoms. The maximum atomic E-state index is 12.9. The molecule has 0 radical (unpaired) electrons. The van der Waals surface area contributed by atoms with Gasteiger partial charge in [0.25, 0.3) is 5.91 Å². The number of amides is 1. The Morgan fingerprint density at radius 2 is 2.00 bits per heavy atom. The highest BCUT2D eigenvalue weighted by molar-refractivity contribution is 8.00. The van der Waals surface area contributed by atoms with Crippen LogP contribution in [0.2, 0.25) is 0 Å². The first kappa shape index (κ1) is 15.5. The number of carbonyl (C=O) groups is 1. The molecule has 1 atom stereocenters. The molecule has 0 aromatic rings. The normalized spacial score (nSPS) is 22.3. The Morgan fingerprint density at radius 3 is 2.44 bits per heavy atom. The minimum atomic E-state index is -4.86. The van der Waals surface area contributed by atoms with E-state index in [1.807, 2.05) is 0 Å². The first-order valence-electron chi connectivity index (χ1n) is 4.82. The molecule has 1 aliphatic rings. The molecule has 4 nitrogen and oxygen atoms in total. The monoisotopic (exact) mass is 309 g/mol. The van der Waals surface area contributed by atoms with Gasteiger partial charge in [-0.2, -0.15) is 20.5 Å². The van der Waals surface area contributed by atoms with E-state index in [0.29, 0.717) is 4.90 Å². The Bertz CT molecular complexity index is 426. The number of alkyl halides is 4. The molecule has 0 spiro atoms. The highest BCUT2D eigenvalue weighted by Crippen LogP contribution is 2.29. The van der Waals surface area contributed by atoms with Gasteiger partial charge in [0.05, 0.1) is 0 Å². The highest BCUT2D eigenvalue weighted by Gasteiger charge is 2.53. The van der Waals surface area contributed by atoms with Crippen molar-refractivity contribution < 1.29 is 30.8 Å². The van der Waals surface area contributed by atoms with Crippen molar-refractivity contribution in [1.29, 1.82) is 0 Å². The van der Waals surface area contributed by atoms with Gasteiger partial charge in [-0.15, -0.1) is 0 Å². The molecule has 0 N–H and O–H groups in total. The fourth-order valence-electron chi connectivity index (χ4n) is 1.45.